The Morgan fingerprint density at radius 3 is 2.52 bits per heavy atom. The lowest BCUT2D eigenvalue weighted by Crippen LogP contribution is -2.44. The zero-order chi connectivity index (χ0) is 21.9. The normalized spacial score (nSPS) is 14.8. The zero-order valence-corrected chi connectivity index (χ0v) is 18.5. The highest BCUT2D eigenvalue weighted by molar-refractivity contribution is 5.67. The molecule has 2 aromatic carbocycles. The van der Waals surface area contributed by atoms with E-state index in [4.69, 9.17) is 14.2 Å². The van der Waals surface area contributed by atoms with Crippen LogP contribution in [0.3, 0.4) is 0 Å². The standard InChI is InChI=1S/C24H33N3O4/c1-26-12-14-27(15-13-26)11-6-16-30-23-17-21(9-10-22(23)29-2)18-25-24(28)31-19-20-7-4-3-5-8-20/h3-5,7-10,17H,6,11-16,18-19H2,1-2H3,(H,25,28). The zero-order valence-electron chi connectivity index (χ0n) is 18.5. The third-order valence-corrected chi connectivity index (χ3v) is 5.35. The van der Waals surface area contributed by atoms with Crippen molar-refractivity contribution in [1.82, 2.24) is 15.1 Å². The molecule has 0 aliphatic carbocycles. The first-order chi connectivity index (χ1) is 15.1. The number of rotatable bonds is 10. The predicted octanol–water partition coefficient (Wildman–Crippen LogP) is 3.14. The fourth-order valence-corrected chi connectivity index (χ4v) is 3.43. The third kappa shape index (κ3) is 7.77. The number of piperazine rings is 1. The molecule has 1 saturated heterocycles. The summed E-state index contributed by atoms with van der Waals surface area (Å²) in [6.45, 7) is 6.73. The Balaban J connectivity index is 1.42. The van der Waals surface area contributed by atoms with Crippen LogP contribution in [0.2, 0.25) is 0 Å². The Labute approximate surface area is 184 Å². The average Bonchev–Trinajstić information content (AvgIpc) is 2.81. The Hall–Kier alpha value is -2.77. The SMILES string of the molecule is COc1ccc(CNC(=O)OCc2ccccc2)cc1OCCCN1CCN(C)CC1. The molecule has 3 rings (SSSR count). The summed E-state index contributed by atoms with van der Waals surface area (Å²) in [7, 11) is 3.79. The minimum absolute atomic E-state index is 0.247. The number of nitrogens with one attached hydrogen (secondary N) is 1. The van der Waals surface area contributed by atoms with E-state index in [2.05, 4.69) is 22.2 Å². The van der Waals surface area contributed by atoms with Gasteiger partial charge in [-0.3, -0.25) is 0 Å². The van der Waals surface area contributed by atoms with Crippen LogP contribution in [0.25, 0.3) is 0 Å². The van der Waals surface area contributed by atoms with Gasteiger partial charge < -0.3 is 29.3 Å². The van der Waals surface area contributed by atoms with Crippen LogP contribution in [0, 0.1) is 0 Å². The first kappa shape index (κ1) is 22.9. The molecule has 1 aliphatic rings. The van der Waals surface area contributed by atoms with Gasteiger partial charge in [0.2, 0.25) is 0 Å². The summed E-state index contributed by atoms with van der Waals surface area (Å²) in [6.07, 6.45) is 0.510. The molecule has 31 heavy (non-hydrogen) atoms. The molecule has 2 aromatic rings. The van der Waals surface area contributed by atoms with Crippen molar-refractivity contribution >= 4 is 6.09 Å². The molecule has 0 aromatic heterocycles. The van der Waals surface area contributed by atoms with Gasteiger partial charge in [0, 0.05) is 39.3 Å². The van der Waals surface area contributed by atoms with Gasteiger partial charge in [-0.2, -0.15) is 0 Å². The maximum absolute atomic E-state index is 12.0. The van der Waals surface area contributed by atoms with Gasteiger partial charge in [-0.05, 0) is 36.7 Å². The molecule has 1 amide bonds. The molecule has 0 bridgehead atoms. The van der Waals surface area contributed by atoms with E-state index in [1.807, 2.05) is 48.5 Å². The monoisotopic (exact) mass is 427 g/mol. The van der Waals surface area contributed by atoms with Crippen LogP contribution in [-0.2, 0) is 17.9 Å². The minimum Gasteiger partial charge on any atom is -0.493 e. The number of hydrogen-bond acceptors (Lipinski definition) is 6. The summed E-state index contributed by atoms with van der Waals surface area (Å²) in [6, 6.07) is 15.3. The van der Waals surface area contributed by atoms with Crippen LogP contribution in [0.5, 0.6) is 11.5 Å². The number of hydrogen-bond donors (Lipinski definition) is 1. The van der Waals surface area contributed by atoms with Gasteiger partial charge in [0.15, 0.2) is 11.5 Å². The fraction of sp³-hybridized carbons (Fsp3) is 0.458. The van der Waals surface area contributed by atoms with E-state index in [-0.39, 0.29) is 6.61 Å². The Bertz CT molecular complexity index is 808. The van der Waals surface area contributed by atoms with Crippen molar-refractivity contribution in [2.24, 2.45) is 0 Å². The summed E-state index contributed by atoms with van der Waals surface area (Å²) >= 11 is 0. The highest BCUT2D eigenvalue weighted by Gasteiger charge is 2.13. The molecular weight excluding hydrogens is 394 g/mol. The largest absolute Gasteiger partial charge is 0.493 e. The predicted molar refractivity (Wildman–Crippen MR) is 121 cm³/mol. The summed E-state index contributed by atoms with van der Waals surface area (Å²) in [5.74, 6) is 1.38. The average molecular weight is 428 g/mol. The molecule has 7 heteroatoms. The van der Waals surface area contributed by atoms with Gasteiger partial charge >= 0.3 is 6.09 Å². The lowest BCUT2D eigenvalue weighted by molar-refractivity contribution is 0.139. The van der Waals surface area contributed by atoms with Crippen LogP contribution in [0.4, 0.5) is 4.79 Å². The second-order valence-corrected chi connectivity index (χ2v) is 7.75. The van der Waals surface area contributed by atoms with E-state index >= 15 is 0 Å². The van der Waals surface area contributed by atoms with Crippen molar-refractivity contribution in [2.45, 2.75) is 19.6 Å². The Morgan fingerprint density at radius 2 is 1.77 bits per heavy atom. The highest BCUT2D eigenvalue weighted by Crippen LogP contribution is 2.28. The third-order valence-electron chi connectivity index (χ3n) is 5.35. The Kier molecular flexibility index (Phi) is 8.99. The number of nitrogens with zero attached hydrogens (tertiary/aromatic N) is 2. The second kappa shape index (κ2) is 12.2. The van der Waals surface area contributed by atoms with Gasteiger partial charge in [-0.1, -0.05) is 36.4 Å². The van der Waals surface area contributed by atoms with Gasteiger partial charge in [-0.25, -0.2) is 4.79 Å². The number of methoxy groups -OCH3 is 1. The first-order valence-electron chi connectivity index (χ1n) is 10.8. The molecule has 0 unspecified atom stereocenters. The lowest BCUT2D eigenvalue weighted by atomic mass is 10.2. The van der Waals surface area contributed by atoms with Crippen molar-refractivity contribution in [2.75, 3.05) is 53.5 Å². The van der Waals surface area contributed by atoms with Gasteiger partial charge in [0.25, 0.3) is 0 Å². The summed E-state index contributed by atoms with van der Waals surface area (Å²) in [5.41, 5.74) is 1.88. The van der Waals surface area contributed by atoms with Gasteiger partial charge in [-0.15, -0.1) is 0 Å². The molecule has 0 radical (unpaired) electrons. The van der Waals surface area contributed by atoms with E-state index in [0.29, 0.717) is 24.7 Å². The van der Waals surface area contributed by atoms with Crippen molar-refractivity contribution in [3.8, 4) is 11.5 Å². The number of carbonyl (C=O) groups excluding carboxylic acids is 1. The second-order valence-electron chi connectivity index (χ2n) is 7.75. The van der Waals surface area contributed by atoms with E-state index < -0.39 is 6.09 Å². The maximum atomic E-state index is 12.0. The van der Waals surface area contributed by atoms with Crippen molar-refractivity contribution in [1.29, 1.82) is 0 Å². The fourth-order valence-electron chi connectivity index (χ4n) is 3.43. The molecule has 1 fully saturated rings. The highest BCUT2D eigenvalue weighted by atomic mass is 16.5. The maximum Gasteiger partial charge on any atom is 0.407 e. The number of amides is 1. The number of likely N-dealkylation sites (N-methyl/N-ethyl adjacent to an activating group) is 1. The summed E-state index contributed by atoms with van der Waals surface area (Å²) in [5, 5.41) is 2.78. The van der Waals surface area contributed by atoms with Crippen LogP contribution >= 0.6 is 0 Å². The quantitative estimate of drug-likeness (QED) is 0.588. The van der Waals surface area contributed by atoms with Crippen molar-refractivity contribution in [3.05, 3.63) is 59.7 Å². The van der Waals surface area contributed by atoms with Crippen molar-refractivity contribution in [3.63, 3.8) is 0 Å². The van der Waals surface area contributed by atoms with E-state index in [1.54, 1.807) is 7.11 Å². The molecule has 0 saturated carbocycles. The van der Waals surface area contributed by atoms with Crippen LogP contribution < -0.4 is 14.8 Å². The number of carbonyl (C=O) groups is 1. The molecular formula is C24H33N3O4. The number of alkyl carbamates (subject to hydrolysis) is 1. The summed E-state index contributed by atoms with van der Waals surface area (Å²) in [4.78, 5) is 16.8. The molecule has 7 nitrogen and oxygen atoms in total. The van der Waals surface area contributed by atoms with E-state index in [0.717, 1.165) is 50.3 Å². The van der Waals surface area contributed by atoms with E-state index in [9.17, 15) is 4.79 Å². The van der Waals surface area contributed by atoms with Gasteiger partial charge in [0.05, 0.1) is 13.7 Å². The first-order valence-corrected chi connectivity index (χ1v) is 10.8. The van der Waals surface area contributed by atoms with Crippen LogP contribution in [0.1, 0.15) is 17.5 Å². The minimum atomic E-state index is -0.450. The lowest BCUT2D eigenvalue weighted by Gasteiger charge is -2.32. The van der Waals surface area contributed by atoms with Crippen LogP contribution in [0.15, 0.2) is 48.5 Å². The van der Waals surface area contributed by atoms with Gasteiger partial charge in [0.1, 0.15) is 6.61 Å². The van der Waals surface area contributed by atoms with Crippen LogP contribution in [-0.4, -0.2) is 69.4 Å². The topological polar surface area (TPSA) is 63.3 Å². The molecule has 0 atom stereocenters. The molecule has 168 valence electrons. The molecule has 1 N–H and O–H groups in total. The number of benzene rings is 2. The number of ether oxygens (including phenoxy) is 3. The summed E-state index contributed by atoms with van der Waals surface area (Å²) < 4.78 is 16.7. The molecule has 1 aliphatic heterocycles. The molecule has 1 heterocycles. The Morgan fingerprint density at radius 1 is 1.00 bits per heavy atom. The molecule has 0 spiro atoms. The van der Waals surface area contributed by atoms with E-state index in [1.165, 1.54) is 0 Å². The smallest absolute Gasteiger partial charge is 0.407 e. The van der Waals surface area contributed by atoms with Crippen molar-refractivity contribution < 1.29 is 19.0 Å².